The Kier molecular flexibility index (Phi) is 8.61. The van der Waals surface area contributed by atoms with E-state index in [-0.39, 0.29) is 18.1 Å². The van der Waals surface area contributed by atoms with Gasteiger partial charge in [-0.15, -0.1) is 0 Å². The van der Waals surface area contributed by atoms with E-state index in [1.165, 1.54) is 7.11 Å². The van der Waals surface area contributed by atoms with Crippen molar-refractivity contribution in [3.63, 3.8) is 0 Å². The molecule has 1 fully saturated rings. The number of ether oxygens (including phenoxy) is 1. The zero-order valence-electron chi connectivity index (χ0n) is 18.2. The number of aliphatic hydroxyl groups excluding tert-OH is 1. The van der Waals surface area contributed by atoms with E-state index in [1.807, 2.05) is 13.0 Å². The second kappa shape index (κ2) is 11.6. The fourth-order valence-corrected chi connectivity index (χ4v) is 3.68. The molecule has 3 rings (SSSR count). The van der Waals surface area contributed by atoms with Gasteiger partial charge in [0.2, 0.25) is 0 Å². The average Bonchev–Trinajstić information content (AvgIpc) is 2.79. The standard InChI is InChI=1S/C23H32FN5O2/c1-3-26-23(27-15-21(30)18-6-10-25-11-7-18)28-19-8-12-29(13-9-19)16-17-4-5-22(31-2)20(24)14-17/h4-7,10-11,14,19,21,30H,3,8-9,12-13,15-16H2,1-2H3,(H2,26,27,28). The first-order valence-electron chi connectivity index (χ1n) is 10.8. The highest BCUT2D eigenvalue weighted by Crippen LogP contribution is 2.20. The third-order valence-electron chi connectivity index (χ3n) is 5.41. The number of hydrogen-bond donors (Lipinski definition) is 3. The van der Waals surface area contributed by atoms with Crippen LogP contribution in [0.5, 0.6) is 5.75 Å². The van der Waals surface area contributed by atoms with Gasteiger partial charge in [-0.05, 0) is 55.2 Å². The van der Waals surface area contributed by atoms with E-state index in [9.17, 15) is 9.50 Å². The van der Waals surface area contributed by atoms with E-state index in [4.69, 9.17) is 4.74 Å². The number of rotatable bonds is 8. The molecule has 0 saturated carbocycles. The molecule has 7 nitrogen and oxygen atoms in total. The minimum atomic E-state index is -0.662. The molecule has 31 heavy (non-hydrogen) atoms. The molecular weight excluding hydrogens is 397 g/mol. The summed E-state index contributed by atoms with van der Waals surface area (Å²) in [6, 6.07) is 9.04. The normalized spacial score (nSPS) is 16.7. The van der Waals surface area contributed by atoms with Gasteiger partial charge >= 0.3 is 0 Å². The zero-order valence-corrected chi connectivity index (χ0v) is 18.2. The fraction of sp³-hybridized carbons (Fsp3) is 0.478. The number of aliphatic imine (C=N–C) groups is 1. The number of methoxy groups -OCH3 is 1. The van der Waals surface area contributed by atoms with Gasteiger partial charge in [-0.2, -0.15) is 0 Å². The molecule has 3 N–H and O–H groups in total. The molecule has 0 amide bonds. The van der Waals surface area contributed by atoms with Gasteiger partial charge in [0.15, 0.2) is 17.5 Å². The summed E-state index contributed by atoms with van der Waals surface area (Å²) in [5.74, 6) is 0.666. The lowest BCUT2D eigenvalue weighted by Crippen LogP contribution is -2.48. The van der Waals surface area contributed by atoms with E-state index in [0.29, 0.717) is 12.0 Å². The topological polar surface area (TPSA) is 82.0 Å². The van der Waals surface area contributed by atoms with Crippen molar-refractivity contribution < 1.29 is 14.2 Å². The molecule has 1 saturated heterocycles. The van der Waals surface area contributed by atoms with Crippen LogP contribution in [0, 0.1) is 5.82 Å². The molecule has 2 heterocycles. The van der Waals surface area contributed by atoms with Crippen LogP contribution in [0.3, 0.4) is 0 Å². The molecular formula is C23H32FN5O2. The highest BCUT2D eigenvalue weighted by atomic mass is 19.1. The molecule has 168 valence electrons. The Morgan fingerprint density at radius 1 is 1.29 bits per heavy atom. The summed E-state index contributed by atoms with van der Waals surface area (Å²) in [7, 11) is 1.47. The summed E-state index contributed by atoms with van der Waals surface area (Å²) in [5.41, 5.74) is 1.75. The number of aliphatic hydroxyl groups is 1. The van der Waals surface area contributed by atoms with Crippen molar-refractivity contribution in [1.82, 2.24) is 20.5 Å². The summed E-state index contributed by atoms with van der Waals surface area (Å²) in [6.45, 7) is 5.61. The number of nitrogens with zero attached hydrogens (tertiary/aromatic N) is 3. The quantitative estimate of drug-likeness (QED) is 0.442. The molecule has 0 aliphatic carbocycles. The van der Waals surface area contributed by atoms with Crippen molar-refractivity contribution in [3.05, 3.63) is 59.7 Å². The highest BCUT2D eigenvalue weighted by Gasteiger charge is 2.20. The molecule has 1 aliphatic heterocycles. The SMILES string of the molecule is CCNC(=NCC(O)c1ccncc1)NC1CCN(Cc2ccc(OC)c(F)c2)CC1. The van der Waals surface area contributed by atoms with Crippen LogP contribution >= 0.6 is 0 Å². The van der Waals surface area contributed by atoms with E-state index >= 15 is 0 Å². The molecule has 0 radical (unpaired) electrons. The maximum Gasteiger partial charge on any atom is 0.191 e. The zero-order chi connectivity index (χ0) is 22.1. The lowest BCUT2D eigenvalue weighted by molar-refractivity contribution is 0.186. The maximum atomic E-state index is 13.9. The Labute approximate surface area is 183 Å². The van der Waals surface area contributed by atoms with Crippen LogP contribution in [-0.2, 0) is 6.54 Å². The molecule has 1 aromatic heterocycles. The minimum absolute atomic E-state index is 0.274. The number of guanidine groups is 1. The Balaban J connectivity index is 1.49. The Hall–Kier alpha value is -2.71. The second-order valence-corrected chi connectivity index (χ2v) is 7.68. The van der Waals surface area contributed by atoms with Crippen LogP contribution in [0.4, 0.5) is 4.39 Å². The monoisotopic (exact) mass is 429 g/mol. The Bertz CT molecular complexity index is 841. The van der Waals surface area contributed by atoms with E-state index in [0.717, 1.165) is 50.1 Å². The van der Waals surface area contributed by atoms with E-state index in [1.54, 1.807) is 36.7 Å². The number of benzene rings is 1. The van der Waals surface area contributed by atoms with Crippen LogP contribution in [0.25, 0.3) is 0 Å². The van der Waals surface area contributed by atoms with E-state index in [2.05, 4.69) is 25.5 Å². The average molecular weight is 430 g/mol. The van der Waals surface area contributed by atoms with Crippen LogP contribution in [-0.4, -0.2) is 60.3 Å². The van der Waals surface area contributed by atoms with Crippen molar-refractivity contribution in [2.75, 3.05) is 33.3 Å². The van der Waals surface area contributed by atoms with Crippen molar-refractivity contribution in [2.45, 2.75) is 38.5 Å². The van der Waals surface area contributed by atoms with Gasteiger partial charge < -0.3 is 20.5 Å². The number of aromatic nitrogens is 1. The van der Waals surface area contributed by atoms with Crippen LogP contribution in [0.2, 0.25) is 0 Å². The molecule has 1 aliphatic rings. The van der Waals surface area contributed by atoms with Crippen molar-refractivity contribution in [2.24, 2.45) is 4.99 Å². The van der Waals surface area contributed by atoms with Crippen molar-refractivity contribution >= 4 is 5.96 Å². The number of halogens is 1. The molecule has 8 heteroatoms. The Morgan fingerprint density at radius 2 is 2.03 bits per heavy atom. The first kappa shape index (κ1) is 23.0. The van der Waals surface area contributed by atoms with Gasteiger partial charge in [-0.25, -0.2) is 4.39 Å². The van der Waals surface area contributed by atoms with Crippen molar-refractivity contribution in [3.8, 4) is 5.75 Å². The van der Waals surface area contributed by atoms with Gasteiger partial charge in [0.1, 0.15) is 0 Å². The lowest BCUT2D eigenvalue weighted by atomic mass is 10.0. The predicted molar refractivity (Wildman–Crippen MR) is 120 cm³/mol. The number of pyridine rings is 1. The summed E-state index contributed by atoms with van der Waals surface area (Å²) in [4.78, 5) is 10.9. The third kappa shape index (κ3) is 6.90. The molecule has 2 aromatic rings. The number of likely N-dealkylation sites (tertiary alicyclic amines) is 1. The lowest BCUT2D eigenvalue weighted by Gasteiger charge is -2.33. The highest BCUT2D eigenvalue weighted by molar-refractivity contribution is 5.80. The number of piperidine rings is 1. The Morgan fingerprint density at radius 3 is 2.68 bits per heavy atom. The summed E-state index contributed by atoms with van der Waals surface area (Å²) < 4.78 is 18.9. The molecule has 1 unspecified atom stereocenters. The van der Waals surface area contributed by atoms with Gasteiger partial charge in [-0.1, -0.05) is 6.07 Å². The van der Waals surface area contributed by atoms with Crippen molar-refractivity contribution in [1.29, 1.82) is 0 Å². The second-order valence-electron chi connectivity index (χ2n) is 7.68. The molecule has 0 bridgehead atoms. The van der Waals surface area contributed by atoms with E-state index < -0.39 is 6.10 Å². The molecule has 0 spiro atoms. The third-order valence-corrected chi connectivity index (χ3v) is 5.41. The molecule has 1 aromatic carbocycles. The molecule has 1 atom stereocenters. The number of hydrogen-bond acceptors (Lipinski definition) is 5. The smallest absolute Gasteiger partial charge is 0.191 e. The number of nitrogens with one attached hydrogen (secondary N) is 2. The van der Waals surface area contributed by atoms with Gasteiger partial charge in [0, 0.05) is 44.6 Å². The summed E-state index contributed by atoms with van der Waals surface area (Å²) >= 11 is 0. The first-order valence-corrected chi connectivity index (χ1v) is 10.8. The van der Waals surface area contributed by atoms with Gasteiger partial charge in [0.05, 0.1) is 19.8 Å². The summed E-state index contributed by atoms with van der Waals surface area (Å²) in [5, 5.41) is 17.1. The summed E-state index contributed by atoms with van der Waals surface area (Å²) in [6.07, 6.45) is 4.61. The van der Waals surface area contributed by atoms with Crippen LogP contribution < -0.4 is 15.4 Å². The van der Waals surface area contributed by atoms with Gasteiger partial charge in [0.25, 0.3) is 0 Å². The first-order chi connectivity index (χ1) is 15.1. The predicted octanol–water partition coefficient (Wildman–Crippen LogP) is 2.48. The largest absolute Gasteiger partial charge is 0.494 e. The van der Waals surface area contributed by atoms with Gasteiger partial charge in [-0.3, -0.25) is 14.9 Å². The fourth-order valence-electron chi connectivity index (χ4n) is 3.68. The minimum Gasteiger partial charge on any atom is -0.494 e. The van der Waals surface area contributed by atoms with Crippen LogP contribution in [0.15, 0.2) is 47.7 Å². The maximum absolute atomic E-state index is 13.9. The van der Waals surface area contributed by atoms with Crippen LogP contribution in [0.1, 0.15) is 37.0 Å².